The predicted octanol–water partition coefficient (Wildman–Crippen LogP) is 5.05. The van der Waals surface area contributed by atoms with Crippen LogP contribution in [0.2, 0.25) is 0 Å². The van der Waals surface area contributed by atoms with E-state index in [0.29, 0.717) is 39.2 Å². The number of hydrogen-bond acceptors (Lipinski definition) is 7. The second-order valence-electron chi connectivity index (χ2n) is 11.9. The van der Waals surface area contributed by atoms with Crippen molar-refractivity contribution in [3.05, 3.63) is 35.9 Å². The van der Waals surface area contributed by atoms with E-state index in [1.54, 1.807) is 0 Å². The van der Waals surface area contributed by atoms with E-state index in [-0.39, 0.29) is 36.0 Å². The molecule has 40 heavy (non-hydrogen) atoms. The molecule has 0 aromatic heterocycles. The first-order chi connectivity index (χ1) is 19.2. The van der Waals surface area contributed by atoms with Crippen LogP contribution in [0.25, 0.3) is 0 Å². The number of alkyl carbamates (subject to hydrolysis) is 1. The van der Waals surface area contributed by atoms with Gasteiger partial charge in [-0.1, -0.05) is 30.3 Å². The van der Waals surface area contributed by atoms with Crippen LogP contribution in [0.3, 0.4) is 0 Å². The number of hydrogen-bond donors (Lipinski definition) is 2. The number of benzene rings is 1. The van der Waals surface area contributed by atoms with Gasteiger partial charge >= 0.3 is 12.1 Å². The van der Waals surface area contributed by atoms with Crippen molar-refractivity contribution in [3.63, 3.8) is 0 Å². The van der Waals surface area contributed by atoms with E-state index in [0.717, 1.165) is 56.9 Å². The molecule has 2 aliphatic rings. The van der Waals surface area contributed by atoms with Gasteiger partial charge in [0.25, 0.3) is 0 Å². The normalized spacial score (nSPS) is 23.2. The predicted molar refractivity (Wildman–Crippen MR) is 152 cm³/mol. The topological polar surface area (TPSA) is 112 Å². The van der Waals surface area contributed by atoms with Crippen molar-refractivity contribution < 1.29 is 33.3 Å². The highest BCUT2D eigenvalue weighted by atomic mass is 16.6. The van der Waals surface area contributed by atoms with Gasteiger partial charge in [-0.25, -0.2) is 4.79 Å². The summed E-state index contributed by atoms with van der Waals surface area (Å²) in [7, 11) is 0. The lowest BCUT2D eigenvalue weighted by Gasteiger charge is -2.29. The van der Waals surface area contributed by atoms with Crippen molar-refractivity contribution in [3.8, 4) is 0 Å². The first kappa shape index (κ1) is 31.9. The lowest BCUT2D eigenvalue weighted by Crippen LogP contribution is -2.39. The van der Waals surface area contributed by atoms with Crippen molar-refractivity contribution in [1.82, 2.24) is 10.6 Å². The Kier molecular flexibility index (Phi) is 13.2. The van der Waals surface area contributed by atoms with Gasteiger partial charge in [0.2, 0.25) is 5.91 Å². The van der Waals surface area contributed by atoms with Gasteiger partial charge in [-0.2, -0.15) is 0 Å². The molecule has 2 saturated carbocycles. The quantitative estimate of drug-likeness (QED) is 0.256. The summed E-state index contributed by atoms with van der Waals surface area (Å²) in [5.74, 6) is -0.169. The van der Waals surface area contributed by atoms with Gasteiger partial charge < -0.3 is 29.6 Å². The molecular formula is C31H48N2O7. The number of nitrogens with one attached hydrogen (secondary N) is 2. The molecule has 3 rings (SSSR count). The van der Waals surface area contributed by atoms with Crippen molar-refractivity contribution in [2.45, 2.75) is 115 Å². The smallest absolute Gasteiger partial charge is 0.407 e. The van der Waals surface area contributed by atoms with Crippen LogP contribution in [0, 0.1) is 5.92 Å². The highest BCUT2D eigenvalue weighted by Gasteiger charge is 2.28. The monoisotopic (exact) mass is 560 g/mol. The molecule has 0 spiro atoms. The summed E-state index contributed by atoms with van der Waals surface area (Å²) in [5.41, 5.74) is 0.484. The van der Waals surface area contributed by atoms with E-state index in [1.807, 2.05) is 51.1 Å². The summed E-state index contributed by atoms with van der Waals surface area (Å²) < 4.78 is 22.6. The molecule has 224 valence electrons. The first-order valence-electron chi connectivity index (χ1n) is 14.9. The van der Waals surface area contributed by atoms with Gasteiger partial charge in [-0.15, -0.1) is 0 Å². The van der Waals surface area contributed by atoms with Crippen LogP contribution in [-0.4, -0.2) is 61.6 Å². The summed E-state index contributed by atoms with van der Waals surface area (Å²) in [4.78, 5) is 36.5. The van der Waals surface area contributed by atoms with Crippen LogP contribution >= 0.6 is 0 Å². The van der Waals surface area contributed by atoms with Crippen LogP contribution in [-0.2, 0) is 35.1 Å². The number of carbonyl (C=O) groups is 3. The summed E-state index contributed by atoms with van der Waals surface area (Å²) in [6.07, 6.45) is 7.94. The molecule has 0 saturated heterocycles. The van der Waals surface area contributed by atoms with Gasteiger partial charge in [0, 0.05) is 25.6 Å². The standard InChI is InChI=1S/C31H48N2O7/c1-31(2,3)40-30(36)32-19-21-38-27-17-15-26(16-18-27)37-20-7-10-28(34)33-25-13-11-24(12-14-25)29(35)39-22-23-8-5-4-6-9-23/h4-6,8-9,24-27H,7,10-22H2,1-3H3,(H,32,36)(H,33,34). The minimum Gasteiger partial charge on any atom is -0.461 e. The molecular weight excluding hydrogens is 512 g/mol. The number of ether oxygens (including phenoxy) is 4. The minimum atomic E-state index is -0.506. The van der Waals surface area contributed by atoms with Gasteiger partial charge in [0.05, 0.1) is 24.7 Å². The van der Waals surface area contributed by atoms with Gasteiger partial charge in [0.15, 0.2) is 0 Å². The second kappa shape index (κ2) is 16.6. The van der Waals surface area contributed by atoms with Crippen molar-refractivity contribution in [2.75, 3.05) is 19.8 Å². The van der Waals surface area contributed by atoms with E-state index in [9.17, 15) is 14.4 Å². The Labute approximate surface area is 239 Å². The largest absolute Gasteiger partial charge is 0.461 e. The summed E-state index contributed by atoms with van der Waals surface area (Å²) in [5, 5.41) is 5.84. The van der Waals surface area contributed by atoms with E-state index >= 15 is 0 Å². The molecule has 0 atom stereocenters. The molecule has 2 fully saturated rings. The van der Waals surface area contributed by atoms with Gasteiger partial charge in [-0.05, 0) is 84.1 Å². The average Bonchev–Trinajstić information content (AvgIpc) is 2.93. The maximum Gasteiger partial charge on any atom is 0.407 e. The molecule has 9 heteroatoms. The number of rotatable bonds is 13. The van der Waals surface area contributed by atoms with Crippen LogP contribution in [0.5, 0.6) is 0 Å². The Morgan fingerprint density at radius 1 is 0.850 bits per heavy atom. The Hall–Kier alpha value is -2.65. The summed E-state index contributed by atoms with van der Waals surface area (Å²) in [6.45, 7) is 7.27. The zero-order chi connectivity index (χ0) is 28.8. The highest BCUT2D eigenvalue weighted by molar-refractivity contribution is 5.76. The zero-order valence-corrected chi connectivity index (χ0v) is 24.5. The Bertz CT molecular complexity index is 902. The molecule has 1 aromatic carbocycles. The molecule has 9 nitrogen and oxygen atoms in total. The number of esters is 1. The third kappa shape index (κ3) is 12.7. The molecule has 2 N–H and O–H groups in total. The fourth-order valence-electron chi connectivity index (χ4n) is 5.16. The summed E-state index contributed by atoms with van der Waals surface area (Å²) in [6, 6.07) is 9.83. The molecule has 0 bridgehead atoms. The lowest BCUT2D eigenvalue weighted by molar-refractivity contribution is -0.151. The zero-order valence-electron chi connectivity index (χ0n) is 24.5. The fourth-order valence-corrected chi connectivity index (χ4v) is 5.16. The van der Waals surface area contributed by atoms with E-state index in [1.165, 1.54) is 0 Å². The van der Waals surface area contributed by atoms with E-state index in [2.05, 4.69) is 10.6 Å². The number of carbonyl (C=O) groups excluding carboxylic acids is 3. The summed E-state index contributed by atoms with van der Waals surface area (Å²) >= 11 is 0. The average molecular weight is 561 g/mol. The fraction of sp³-hybridized carbons (Fsp3) is 0.710. The van der Waals surface area contributed by atoms with Crippen molar-refractivity contribution in [1.29, 1.82) is 0 Å². The maximum atomic E-state index is 12.4. The van der Waals surface area contributed by atoms with Gasteiger partial charge in [-0.3, -0.25) is 9.59 Å². The Balaban J connectivity index is 1.16. The SMILES string of the molecule is CC(C)(C)OC(=O)NCCOC1CCC(OCCCC(=O)NC2CCC(C(=O)OCc3ccccc3)CC2)CC1. The third-order valence-electron chi connectivity index (χ3n) is 7.30. The number of amides is 2. The van der Waals surface area contributed by atoms with E-state index < -0.39 is 11.7 Å². The molecule has 0 unspecified atom stereocenters. The Morgan fingerprint density at radius 3 is 2.10 bits per heavy atom. The third-order valence-corrected chi connectivity index (χ3v) is 7.30. The molecule has 0 radical (unpaired) electrons. The van der Waals surface area contributed by atoms with Crippen LogP contribution in [0.1, 0.15) is 90.5 Å². The maximum absolute atomic E-state index is 12.4. The van der Waals surface area contributed by atoms with Gasteiger partial charge in [0.1, 0.15) is 12.2 Å². The minimum absolute atomic E-state index is 0.0517. The Morgan fingerprint density at radius 2 is 1.48 bits per heavy atom. The first-order valence-corrected chi connectivity index (χ1v) is 14.9. The molecule has 1 aromatic rings. The lowest BCUT2D eigenvalue weighted by atomic mass is 9.86. The van der Waals surface area contributed by atoms with E-state index in [4.69, 9.17) is 18.9 Å². The molecule has 0 heterocycles. The molecule has 2 amide bonds. The van der Waals surface area contributed by atoms with Crippen LogP contribution < -0.4 is 10.6 Å². The molecule has 0 aliphatic heterocycles. The second-order valence-corrected chi connectivity index (χ2v) is 11.9. The van der Waals surface area contributed by atoms with Crippen molar-refractivity contribution in [2.24, 2.45) is 5.92 Å². The highest BCUT2D eigenvalue weighted by Crippen LogP contribution is 2.26. The van der Waals surface area contributed by atoms with Crippen molar-refractivity contribution >= 4 is 18.0 Å². The molecule has 2 aliphatic carbocycles. The van der Waals surface area contributed by atoms with Crippen LogP contribution in [0.15, 0.2) is 30.3 Å². The van der Waals surface area contributed by atoms with Crippen LogP contribution in [0.4, 0.5) is 4.79 Å².